The third kappa shape index (κ3) is 2.90. The van der Waals surface area contributed by atoms with Gasteiger partial charge in [0, 0.05) is 25.1 Å². The number of aryl methyl sites for hydroxylation is 2. The summed E-state index contributed by atoms with van der Waals surface area (Å²) in [6, 6.07) is 14.0. The van der Waals surface area contributed by atoms with Crippen LogP contribution in [-0.2, 0) is 13.5 Å². The molecule has 26 heavy (non-hydrogen) atoms. The summed E-state index contributed by atoms with van der Waals surface area (Å²) in [4.78, 5) is 25.5. The molecule has 1 aliphatic rings. The highest BCUT2D eigenvalue weighted by atomic mass is 16.1. The summed E-state index contributed by atoms with van der Waals surface area (Å²) >= 11 is 0. The van der Waals surface area contributed by atoms with E-state index >= 15 is 0 Å². The zero-order chi connectivity index (χ0) is 18.3. The molecule has 0 radical (unpaired) electrons. The van der Waals surface area contributed by atoms with Crippen LogP contribution in [0.15, 0.2) is 47.3 Å². The lowest BCUT2D eigenvalue weighted by molar-refractivity contribution is 0.0993. The van der Waals surface area contributed by atoms with E-state index in [1.54, 1.807) is 11.6 Å². The molecule has 1 saturated carbocycles. The van der Waals surface area contributed by atoms with Gasteiger partial charge >= 0.3 is 5.69 Å². The van der Waals surface area contributed by atoms with Gasteiger partial charge in [-0.25, -0.2) is 4.79 Å². The molecule has 0 unspecified atom stereocenters. The van der Waals surface area contributed by atoms with Gasteiger partial charge in [0.25, 0.3) is 0 Å². The van der Waals surface area contributed by atoms with Gasteiger partial charge < -0.3 is 0 Å². The first-order chi connectivity index (χ1) is 12.5. The van der Waals surface area contributed by atoms with Gasteiger partial charge in [0.2, 0.25) is 0 Å². The summed E-state index contributed by atoms with van der Waals surface area (Å²) in [7, 11) is 1.80. The van der Waals surface area contributed by atoms with Crippen LogP contribution in [0, 0.1) is 6.92 Å². The minimum atomic E-state index is 0.0233. The molecule has 4 nitrogen and oxygen atoms in total. The molecule has 134 valence electrons. The van der Waals surface area contributed by atoms with Crippen molar-refractivity contribution in [1.82, 2.24) is 9.13 Å². The fraction of sp³-hybridized carbons (Fsp3) is 0.364. The number of carbonyl (C=O) groups excluding carboxylic acids is 1. The Morgan fingerprint density at radius 3 is 2.58 bits per heavy atom. The van der Waals surface area contributed by atoms with Crippen LogP contribution in [0.3, 0.4) is 0 Å². The summed E-state index contributed by atoms with van der Waals surface area (Å²) in [5.41, 5.74) is 4.65. The van der Waals surface area contributed by atoms with Gasteiger partial charge in [-0.05, 0) is 43.5 Å². The number of carbonyl (C=O) groups is 1. The highest BCUT2D eigenvalue weighted by Crippen LogP contribution is 2.31. The van der Waals surface area contributed by atoms with E-state index in [0.29, 0.717) is 18.0 Å². The molecule has 3 aromatic rings. The third-order valence-electron chi connectivity index (χ3n) is 5.55. The van der Waals surface area contributed by atoms with Crippen molar-refractivity contribution in [1.29, 1.82) is 0 Å². The van der Waals surface area contributed by atoms with Crippen molar-refractivity contribution in [3.8, 4) is 0 Å². The van der Waals surface area contributed by atoms with E-state index in [1.165, 1.54) is 12.8 Å². The van der Waals surface area contributed by atoms with E-state index in [2.05, 4.69) is 0 Å². The maximum absolute atomic E-state index is 12.7. The molecule has 0 spiro atoms. The molecule has 0 aliphatic heterocycles. The van der Waals surface area contributed by atoms with Crippen molar-refractivity contribution in [2.75, 3.05) is 0 Å². The number of hydrogen-bond donors (Lipinski definition) is 0. The van der Waals surface area contributed by atoms with E-state index in [-0.39, 0.29) is 11.5 Å². The van der Waals surface area contributed by atoms with E-state index in [9.17, 15) is 9.59 Å². The summed E-state index contributed by atoms with van der Waals surface area (Å²) in [6.07, 6.45) is 4.87. The van der Waals surface area contributed by atoms with Gasteiger partial charge in [0.1, 0.15) is 0 Å². The van der Waals surface area contributed by atoms with Gasteiger partial charge in [0.15, 0.2) is 5.78 Å². The molecule has 1 heterocycles. The second kappa shape index (κ2) is 6.60. The Morgan fingerprint density at radius 1 is 1.08 bits per heavy atom. The van der Waals surface area contributed by atoms with Crippen LogP contribution in [0.25, 0.3) is 11.0 Å². The molecule has 4 heteroatoms. The molecular formula is C22H24N2O2. The molecule has 0 N–H and O–H groups in total. The summed E-state index contributed by atoms with van der Waals surface area (Å²) in [6.45, 7) is 2.03. The Morgan fingerprint density at radius 2 is 1.85 bits per heavy atom. The first-order valence-corrected chi connectivity index (χ1v) is 9.34. The lowest BCUT2D eigenvalue weighted by Crippen LogP contribution is -2.24. The molecule has 1 aliphatic carbocycles. The number of aromatic nitrogens is 2. The number of benzene rings is 2. The lowest BCUT2D eigenvalue weighted by Gasteiger charge is -2.11. The van der Waals surface area contributed by atoms with Crippen molar-refractivity contribution in [3.63, 3.8) is 0 Å². The van der Waals surface area contributed by atoms with Gasteiger partial charge in [-0.15, -0.1) is 0 Å². The number of imidazole rings is 1. The zero-order valence-electron chi connectivity index (χ0n) is 15.4. The van der Waals surface area contributed by atoms with Crippen LogP contribution in [0.2, 0.25) is 0 Å². The minimum Gasteiger partial charge on any atom is -0.295 e. The average molecular weight is 348 g/mol. The molecule has 0 saturated heterocycles. The van der Waals surface area contributed by atoms with E-state index in [1.807, 2.05) is 54.0 Å². The fourth-order valence-corrected chi connectivity index (χ4v) is 4.16. The van der Waals surface area contributed by atoms with Gasteiger partial charge in [-0.3, -0.25) is 13.9 Å². The third-order valence-corrected chi connectivity index (χ3v) is 5.55. The number of Topliss-reactive ketones (excluding diaryl/α,β-unsaturated/α-hetero) is 1. The molecule has 2 aromatic carbocycles. The smallest absolute Gasteiger partial charge is 0.295 e. The number of nitrogens with zero attached hydrogens (tertiary/aromatic N) is 2. The second-order valence-corrected chi connectivity index (χ2v) is 7.44. The van der Waals surface area contributed by atoms with Crippen molar-refractivity contribution in [2.24, 2.45) is 7.05 Å². The van der Waals surface area contributed by atoms with Crippen LogP contribution >= 0.6 is 0 Å². The molecular weight excluding hydrogens is 324 g/mol. The van der Waals surface area contributed by atoms with Crippen LogP contribution in [0.5, 0.6) is 0 Å². The Hall–Kier alpha value is -2.62. The van der Waals surface area contributed by atoms with Crippen molar-refractivity contribution in [2.45, 2.75) is 45.1 Å². The summed E-state index contributed by atoms with van der Waals surface area (Å²) < 4.78 is 3.61. The lowest BCUT2D eigenvalue weighted by atomic mass is 10.0. The summed E-state index contributed by atoms with van der Waals surface area (Å²) in [5.74, 6) is 0.0820. The van der Waals surface area contributed by atoms with E-state index < -0.39 is 0 Å². The first kappa shape index (κ1) is 16.8. The van der Waals surface area contributed by atoms with Crippen molar-refractivity contribution < 1.29 is 4.79 Å². The minimum absolute atomic E-state index is 0.0233. The van der Waals surface area contributed by atoms with Crippen molar-refractivity contribution in [3.05, 3.63) is 69.6 Å². The van der Waals surface area contributed by atoms with E-state index in [4.69, 9.17) is 0 Å². The predicted molar refractivity (Wildman–Crippen MR) is 104 cm³/mol. The van der Waals surface area contributed by atoms with E-state index in [0.717, 1.165) is 35.0 Å². The van der Waals surface area contributed by atoms with Crippen LogP contribution in [-0.4, -0.2) is 14.9 Å². The largest absolute Gasteiger partial charge is 0.329 e. The monoisotopic (exact) mass is 348 g/mol. The SMILES string of the molecule is Cc1cccc(CC(=O)c2ccc3c(c2)n(C)c(=O)n3C2CCCC2)c1. The maximum atomic E-state index is 12.7. The fourth-order valence-electron chi connectivity index (χ4n) is 4.16. The molecule has 0 bridgehead atoms. The summed E-state index contributed by atoms with van der Waals surface area (Å²) in [5, 5.41) is 0. The van der Waals surface area contributed by atoms with Crippen LogP contribution < -0.4 is 5.69 Å². The normalized spacial score (nSPS) is 15.0. The van der Waals surface area contributed by atoms with Gasteiger partial charge in [-0.2, -0.15) is 0 Å². The highest BCUT2D eigenvalue weighted by molar-refractivity contribution is 6.00. The Labute approximate surface area is 153 Å². The first-order valence-electron chi connectivity index (χ1n) is 9.34. The maximum Gasteiger partial charge on any atom is 0.329 e. The number of fused-ring (bicyclic) bond motifs is 1. The quantitative estimate of drug-likeness (QED) is 0.664. The molecule has 4 rings (SSSR count). The van der Waals surface area contributed by atoms with Crippen LogP contribution in [0.1, 0.15) is 53.2 Å². The van der Waals surface area contributed by atoms with Crippen molar-refractivity contribution >= 4 is 16.8 Å². The second-order valence-electron chi connectivity index (χ2n) is 7.44. The molecule has 1 fully saturated rings. The Balaban J connectivity index is 1.70. The number of rotatable bonds is 4. The average Bonchev–Trinajstić information content (AvgIpc) is 3.22. The highest BCUT2D eigenvalue weighted by Gasteiger charge is 2.23. The number of ketones is 1. The Bertz CT molecular complexity index is 1040. The van der Waals surface area contributed by atoms with Crippen LogP contribution in [0.4, 0.5) is 0 Å². The molecule has 0 atom stereocenters. The van der Waals surface area contributed by atoms with Gasteiger partial charge in [-0.1, -0.05) is 42.7 Å². The molecule has 0 amide bonds. The molecule has 1 aromatic heterocycles. The zero-order valence-corrected chi connectivity index (χ0v) is 15.4. The standard InChI is InChI=1S/C22H24N2O2/c1-15-6-5-7-16(12-15)13-21(25)17-10-11-19-20(14-17)23(2)22(26)24(19)18-8-3-4-9-18/h5-7,10-12,14,18H,3-4,8-9,13H2,1-2H3. The topological polar surface area (TPSA) is 44.0 Å². The Kier molecular flexibility index (Phi) is 4.27. The predicted octanol–water partition coefficient (Wildman–Crippen LogP) is 4.19. The number of hydrogen-bond acceptors (Lipinski definition) is 2. The van der Waals surface area contributed by atoms with Gasteiger partial charge in [0.05, 0.1) is 11.0 Å².